The first-order valence-electron chi connectivity index (χ1n) is 10.4. The van der Waals surface area contributed by atoms with E-state index < -0.39 is 0 Å². The van der Waals surface area contributed by atoms with Crippen LogP contribution in [0.4, 0.5) is 11.5 Å². The van der Waals surface area contributed by atoms with Crippen molar-refractivity contribution in [3.05, 3.63) is 36.7 Å². The number of carbonyl (C=O) groups is 1. The monoisotopic (exact) mass is 429 g/mol. The summed E-state index contributed by atoms with van der Waals surface area (Å²) in [5, 5.41) is 3.79. The van der Waals surface area contributed by atoms with Crippen molar-refractivity contribution in [1.82, 2.24) is 15.3 Å². The molecule has 1 aliphatic heterocycles. The molecule has 1 N–H and O–H groups in total. The largest absolute Gasteiger partial charge is 0.495 e. The van der Waals surface area contributed by atoms with Crippen molar-refractivity contribution in [2.45, 2.75) is 25.3 Å². The van der Waals surface area contributed by atoms with Crippen LogP contribution >= 0.6 is 11.8 Å². The van der Waals surface area contributed by atoms with Crippen LogP contribution in [0.15, 0.2) is 41.7 Å². The number of thioether (sulfide) groups is 1. The summed E-state index contributed by atoms with van der Waals surface area (Å²) in [7, 11) is 1.71. The molecule has 8 heteroatoms. The van der Waals surface area contributed by atoms with Crippen molar-refractivity contribution in [3.8, 4) is 5.75 Å². The Bertz CT molecular complexity index is 825. The summed E-state index contributed by atoms with van der Waals surface area (Å²) in [6, 6.07) is 10.1. The molecule has 1 amide bonds. The smallest absolute Gasteiger partial charge is 0.230 e. The number of para-hydroxylation sites is 2. The summed E-state index contributed by atoms with van der Waals surface area (Å²) >= 11 is 1.45. The van der Waals surface area contributed by atoms with Gasteiger partial charge in [-0.15, -0.1) is 0 Å². The van der Waals surface area contributed by atoms with Gasteiger partial charge in [-0.25, -0.2) is 9.97 Å². The van der Waals surface area contributed by atoms with Crippen LogP contribution in [0.5, 0.6) is 5.75 Å². The molecule has 162 valence electrons. The van der Waals surface area contributed by atoms with Crippen LogP contribution in [0.2, 0.25) is 0 Å². The Kier molecular flexibility index (Phi) is 8.19. The fourth-order valence-corrected chi connectivity index (χ4v) is 4.03. The van der Waals surface area contributed by atoms with Crippen molar-refractivity contribution in [2.24, 2.45) is 5.92 Å². The molecular weight excluding hydrogens is 398 g/mol. The van der Waals surface area contributed by atoms with E-state index in [9.17, 15) is 4.79 Å². The number of anilines is 2. The van der Waals surface area contributed by atoms with E-state index in [1.807, 2.05) is 24.3 Å². The maximum Gasteiger partial charge on any atom is 0.230 e. The Morgan fingerprint density at radius 1 is 1.17 bits per heavy atom. The molecule has 1 fully saturated rings. The third-order valence-corrected chi connectivity index (χ3v) is 5.98. The van der Waals surface area contributed by atoms with Gasteiger partial charge < -0.3 is 19.9 Å². The van der Waals surface area contributed by atoms with Crippen molar-refractivity contribution >= 4 is 29.2 Å². The fourth-order valence-electron chi connectivity index (χ4n) is 3.34. The molecule has 0 bridgehead atoms. The number of rotatable bonds is 9. The first-order valence-corrected chi connectivity index (χ1v) is 11.4. The fraction of sp³-hybridized carbons (Fsp3) is 0.500. The first kappa shape index (κ1) is 22.2. The van der Waals surface area contributed by atoms with Crippen LogP contribution in [-0.2, 0) is 4.79 Å². The van der Waals surface area contributed by atoms with Crippen molar-refractivity contribution in [1.29, 1.82) is 0 Å². The lowest BCUT2D eigenvalue weighted by Crippen LogP contribution is -2.47. The second kappa shape index (κ2) is 11.1. The molecule has 7 nitrogen and oxygen atoms in total. The summed E-state index contributed by atoms with van der Waals surface area (Å²) in [6.07, 6.45) is 2.58. The highest BCUT2D eigenvalue weighted by molar-refractivity contribution is 7.99. The van der Waals surface area contributed by atoms with Gasteiger partial charge >= 0.3 is 0 Å². The average Bonchev–Trinajstić information content (AvgIpc) is 2.78. The zero-order valence-corrected chi connectivity index (χ0v) is 18.8. The lowest BCUT2D eigenvalue weighted by molar-refractivity contribution is -0.118. The van der Waals surface area contributed by atoms with E-state index >= 15 is 0 Å². The minimum atomic E-state index is 0.0474. The molecule has 1 aromatic heterocycles. The minimum Gasteiger partial charge on any atom is -0.495 e. The molecule has 0 saturated carbocycles. The minimum absolute atomic E-state index is 0.0474. The van der Waals surface area contributed by atoms with E-state index in [0.717, 1.165) is 61.4 Å². The summed E-state index contributed by atoms with van der Waals surface area (Å²) in [5.41, 5.74) is 1.13. The molecule has 2 aromatic rings. The predicted octanol–water partition coefficient (Wildman–Crippen LogP) is 3.07. The van der Waals surface area contributed by atoms with Crippen LogP contribution in [0.25, 0.3) is 0 Å². The summed E-state index contributed by atoms with van der Waals surface area (Å²) < 4.78 is 5.50. The maximum absolute atomic E-state index is 12.0. The standard InChI is InChI=1S/C22H31N5O2S/c1-17(2)8-9-23-21(28)15-30-22-14-20(24-16-25-22)27-12-10-26(11-13-27)18-6-4-5-7-19(18)29-3/h4-7,14,16-17H,8-13,15H2,1-3H3,(H,23,28). The van der Waals surface area contributed by atoms with E-state index in [0.29, 0.717) is 11.7 Å². The number of carbonyl (C=O) groups excluding carboxylic acids is 1. The molecule has 0 aliphatic carbocycles. The van der Waals surface area contributed by atoms with E-state index in [4.69, 9.17) is 4.74 Å². The van der Waals surface area contributed by atoms with E-state index in [1.165, 1.54) is 11.8 Å². The molecule has 0 unspecified atom stereocenters. The molecule has 1 aliphatic rings. The zero-order chi connectivity index (χ0) is 21.3. The van der Waals surface area contributed by atoms with Crippen LogP contribution in [0.3, 0.4) is 0 Å². The van der Waals surface area contributed by atoms with Gasteiger partial charge in [0.05, 0.1) is 18.6 Å². The molecular formula is C22H31N5O2S. The number of benzene rings is 1. The molecule has 0 atom stereocenters. The number of hydrogen-bond donors (Lipinski definition) is 1. The number of ether oxygens (including phenoxy) is 1. The Labute approximate surface area is 183 Å². The normalized spacial score (nSPS) is 14.1. The van der Waals surface area contributed by atoms with E-state index in [2.05, 4.69) is 45.0 Å². The number of nitrogens with one attached hydrogen (secondary N) is 1. The Morgan fingerprint density at radius 3 is 2.63 bits per heavy atom. The van der Waals surface area contributed by atoms with Gasteiger partial charge in [0.25, 0.3) is 0 Å². The Hall–Kier alpha value is -2.48. The van der Waals surface area contributed by atoms with Crippen LogP contribution < -0.4 is 19.9 Å². The van der Waals surface area contributed by atoms with E-state index in [-0.39, 0.29) is 5.91 Å². The summed E-state index contributed by atoms with van der Waals surface area (Å²) in [6.45, 7) is 8.56. The highest BCUT2D eigenvalue weighted by Gasteiger charge is 2.21. The second-order valence-electron chi connectivity index (χ2n) is 7.68. The van der Waals surface area contributed by atoms with Crippen LogP contribution in [0.1, 0.15) is 20.3 Å². The molecule has 2 heterocycles. The lowest BCUT2D eigenvalue weighted by atomic mass is 10.1. The number of amides is 1. The molecule has 1 saturated heterocycles. The van der Waals surface area contributed by atoms with Gasteiger partial charge in [-0.3, -0.25) is 4.79 Å². The SMILES string of the molecule is COc1ccccc1N1CCN(c2cc(SCC(=O)NCCC(C)C)ncn2)CC1. The highest BCUT2D eigenvalue weighted by atomic mass is 32.2. The maximum atomic E-state index is 12.0. The predicted molar refractivity (Wildman–Crippen MR) is 123 cm³/mol. The first-order chi connectivity index (χ1) is 14.6. The molecule has 3 rings (SSSR count). The number of piperazine rings is 1. The van der Waals surface area contributed by atoms with Crippen LogP contribution in [0, 0.1) is 5.92 Å². The van der Waals surface area contributed by atoms with Gasteiger partial charge in [0.2, 0.25) is 5.91 Å². The van der Waals surface area contributed by atoms with Crippen molar-refractivity contribution < 1.29 is 9.53 Å². The zero-order valence-electron chi connectivity index (χ0n) is 18.0. The van der Waals surface area contributed by atoms with Gasteiger partial charge in [-0.05, 0) is 24.5 Å². The van der Waals surface area contributed by atoms with Gasteiger partial charge in [0.1, 0.15) is 22.9 Å². The van der Waals surface area contributed by atoms with Crippen LogP contribution in [-0.4, -0.2) is 61.5 Å². The topological polar surface area (TPSA) is 70.6 Å². The number of hydrogen-bond acceptors (Lipinski definition) is 7. The van der Waals surface area contributed by atoms with Gasteiger partial charge in [-0.2, -0.15) is 0 Å². The summed E-state index contributed by atoms with van der Waals surface area (Å²) in [5.74, 6) is 2.82. The van der Waals surface area contributed by atoms with Gasteiger partial charge in [-0.1, -0.05) is 37.7 Å². The molecule has 1 aromatic carbocycles. The Morgan fingerprint density at radius 2 is 1.90 bits per heavy atom. The second-order valence-corrected chi connectivity index (χ2v) is 8.68. The number of methoxy groups -OCH3 is 1. The molecule has 0 radical (unpaired) electrons. The highest BCUT2D eigenvalue weighted by Crippen LogP contribution is 2.29. The number of aromatic nitrogens is 2. The van der Waals surface area contributed by atoms with Crippen molar-refractivity contribution in [2.75, 3.05) is 55.4 Å². The lowest BCUT2D eigenvalue weighted by Gasteiger charge is -2.37. The Balaban J connectivity index is 1.51. The third-order valence-electron chi connectivity index (χ3n) is 5.05. The quantitative estimate of drug-likeness (QED) is 0.485. The average molecular weight is 430 g/mol. The van der Waals surface area contributed by atoms with Gasteiger partial charge in [0.15, 0.2) is 0 Å². The van der Waals surface area contributed by atoms with Crippen molar-refractivity contribution in [3.63, 3.8) is 0 Å². The van der Waals surface area contributed by atoms with E-state index in [1.54, 1.807) is 13.4 Å². The number of nitrogens with zero attached hydrogens (tertiary/aromatic N) is 4. The molecule has 0 spiro atoms. The molecule has 30 heavy (non-hydrogen) atoms. The summed E-state index contributed by atoms with van der Waals surface area (Å²) in [4.78, 5) is 25.4. The van der Waals surface area contributed by atoms with Gasteiger partial charge in [0, 0.05) is 38.8 Å². The third kappa shape index (κ3) is 6.26.